The van der Waals surface area contributed by atoms with Crippen molar-refractivity contribution in [3.05, 3.63) is 47.0 Å². The lowest BCUT2D eigenvalue weighted by Crippen LogP contribution is -2.28. The van der Waals surface area contributed by atoms with Gasteiger partial charge in [0.2, 0.25) is 0 Å². The Balaban J connectivity index is 2.33. The third-order valence-corrected chi connectivity index (χ3v) is 3.26. The summed E-state index contributed by atoms with van der Waals surface area (Å²) in [6, 6.07) is 6.05. The minimum absolute atomic E-state index is 0.118. The lowest BCUT2D eigenvalue weighted by Gasteiger charge is -2.08. The molecule has 0 aliphatic carbocycles. The minimum atomic E-state index is -0.296. The first kappa shape index (κ1) is 15.2. The Kier molecular flexibility index (Phi) is 4.40. The van der Waals surface area contributed by atoms with Gasteiger partial charge in [0.25, 0.3) is 5.91 Å². The van der Waals surface area contributed by atoms with Gasteiger partial charge in [-0.15, -0.1) is 0 Å². The molecule has 0 saturated carbocycles. The van der Waals surface area contributed by atoms with Gasteiger partial charge in [0.05, 0.1) is 22.6 Å². The Morgan fingerprint density at radius 3 is 2.48 bits per heavy atom. The van der Waals surface area contributed by atoms with Crippen LogP contribution in [-0.4, -0.2) is 22.2 Å². The maximum Gasteiger partial charge on any atom is 0.255 e. The second-order valence-electron chi connectivity index (χ2n) is 5.54. The van der Waals surface area contributed by atoms with Crippen LogP contribution in [0.4, 0.5) is 4.39 Å². The average molecular weight is 289 g/mol. The number of carbonyl (C=O) groups excluding carboxylic acids is 1. The van der Waals surface area contributed by atoms with Crippen LogP contribution in [-0.2, 0) is 0 Å². The van der Waals surface area contributed by atoms with Gasteiger partial charge in [-0.25, -0.2) is 9.07 Å². The number of amides is 1. The van der Waals surface area contributed by atoms with Crippen molar-refractivity contribution in [1.29, 1.82) is 0 Å². The van der Waals surface area contributed by atoms with Crippen molar-refractivity contribution in [2.24, 2.45) is 5.92 Å². The molecule has 0 saturated heterocycles. The van der Waals surface area contributed by atoms with E-state index in [9.17, 15) is 9.18 Å². The number of halogens is 1. The number of hydrogen-bond acceptors (Lipinski definition) is 2. The summed E-state index contributed by atoms with van der Waals surface area (Å²) in [5.41, 5.74) is 2.73. The second-order valence-corrected chi connectivity index (χ2v) is 5.54. The SMILES string of the molecule is Cc1nn(-c2ccc(F)cc2)c(C)c1C(=O)NCC(C)C. The summed E-state index contributed by atoms with van der Waals surface area (Å²) in [7, 11) is 0. The van der Waals surface area contributed by atoms with Gasteiger partial charge in [-0.1, -0.05) is 13.8 Å². The molecule has 112 valence electrons. The summed E-state index contributed by atoms with van der Waals surface area (Å²) >= 11 is 0. The molecule has 0 aliphatic rings. The molecule has 0 unspecified atom stereocenters. The lowest BCUT2D eigenvalue weighted by atomic mass is 10.1. The Morgan fingerprint density at radius 1 is 1.29 bits per heavy atom. The fourth-order valence-electron chi connectivity index (χ4n) is 2.19. The summed E-state index contributed by atoms with van der Waals surface area (Å²) < 4.78 is 14.7. The molecular weight excluding hydrogens is 269 g/mol. The number of nitrogens with one attached hydrogen (secondary N) is 1. The highest BCUT2D eigenvalue weighted by Gasteiger charge is 2.19. The van der Waals surface area contributed by atoms with Crippen LogP contribution in [0.25, 0.3) is 5.69 Å². The standard InChI is InChI=1S/C16H20FN3O/c1-10(2)9-18-16(21)15-11(3)19-20(12(15)4)14-7-5-13(17)6-8-14/h5-8,10H,9H2,1-4H3,(H,18,21). The normalized spacial score (nSPS) is 11.0. The van der Waals surface area contributed by atoms with Gasteiger partial charge in [0.1, 0.15) is 5.82 Å². The molecule has 0 atom stereocenters. The molecule has 1 heterocycles. The zero-order valence-corrected chi connectivity index (χ0v) is 12.8. The first-order valence-electron chi connectivity index (χ1n) is 7.00. The highest BCUT2D eigenvalue weighted by Crippen LogP contribution is 2.18. The summed E-state index contributed by atoms with van der Waals surface area (Å²) in [6.07, 6.45) is 0. The number of aromatic nitrogens is 2. The van der Waals surface area contributed by atoms with Crippen LogP contribution < -0.4 is 5.32 Å². The Bertz CT molecular complexity index is 644. The number of rotatable bonds is 4. The van der Waals surface area contributed by atoms with Gasteiger partial charge in [0.15, 0.2) is 0 Å². The quantitative estimate of drug-likeness (QED) is 0.940. The molecule has 4 nitrogen and oxygen atoms in total. The molecule has 0 spiro atoms. The maximum atomic E-state index is 13.0. The zero-order valence-electron chi connectivity index (χ0n) is 12.8. The zero-order chi connectivity index (χ0) is 15.6. The summed E-state index contributed by atoms with van der Waals surface area (Å²) in [4.78, 5) is 12.3. The van der Waals surface area contributed by atoms with E-state index in [-0.39, 0.29) is 11.7 Å². The Morgan fingerprint density at radius 2 is 1.90 bits per heavy atom. The topological polar surface area (TPSA) is 46.9 Å². The third-order valence-electron chi connectivity index (χ3n) is 3.26. The van der Waals surface area contributed by atoms with E-state index < -0.39 is 0 Å². The van der Waals surface area contributed by atoms with Gasteiger partial charge in [-0.3, -0.25) is 4.79 Å². The average Bonchev–Trinajstić information content (AvgIpc) is 2.72. The van der Waals surface area contributed by atoms with Crippen LogP contribution >= 0.6 is 0 Å². The second kappa shape index (κ2) is 6.08. The third kappa shape index (κ3) is 3.29. The van der Waals surface area contributed by atoms with Crippen molar-refractivity contribution in [2.75, 3.05) is 6.54 Å². The molecule has 1 amide bonds. The van der Waals surface area contributed by atoms with Crippen LogP contribution in [0, 0.1) is 25.6 Å². The van der Waals surface area contributed by atoms with Crippen molar-refractivity contribution >= 4 is 5.91 Å². The van der Waals surface area contributed by atoms with Gasteiger partial charge in [-0.2, -0.15) is 5.10 Å². The van der Waals surface area contributed by atoms with E-state index in [1.165, 1.54) is 12.1 Å². The Labute approximate surface area is 124 Å². The molecule has 1 aromatic carbocycles. The van der Waals surface area contributed by atoms with Crippen molar-refractivity contribution in [3.63, 3.8) is 0 Å². The number of aryl methyl sites for hydroxylation is 1. The fraction of sp³-hybridized carbons (Fsp3) is 0.375. The van der Waals surface area contributed by atoms with E-state index in [2.05, 4.69) is 10.4 Å². The van der Waals surface area contributed by atoms with Crippen LogP contribution in [0.1, 0.15) is 35.6 Å². The van der Waals surface area contributed by atoms with Crippen LogP contribution in [0.15, 0.2) is 24.3 Å². The van der Waals surface area contributed by atoms with Crippen molar-refractivity contribution in [3.8, 4) is 5.69 Å². The lowest BCUT2D eigenvalue weighted by molar-refractivity contribution is 0.0948. The summed E-state index contributed by atoms with van der Waals surface area (Å²) in [6.45, 7) is 8.36. The van der Waals surface area contributed by atoms with E-state index in [4.69, 9.17) is 0 Å². The van der Waals surface area contributed by atoms with Gasteiger partial charge in [-0.05, 0) is 44.0 Å². The summed E-state index contributed by atoms with van der Waals surface area (Å²) in [5.74, 6) is -0.0241. The molecule has 2 rings (SSSR count). The molecule has 2 aromatic rings. The van der Waals surface area contributed by atoms with E-state index in [0.717, 1.165) is 11.4 Å². The van der Waals surface area contributed by atoms with E-state index in [0.29, 0.717) is 23.7 Å². The Hall–Kier alpha value is -2.17. The van der Waals surface area contributed by atoms with E-state index in [1.807, 2.05) is 20.8 Å². The van der Waals surface area contributed by atoms with Crippen molar-refractivity contribution in [2.45, 2.75) is 27.7 Å². The number of hydrogen-bond donors (Lipinski definition) is 1. The monoisotopic (exact) mass is 289 g/mol. The molecule has 0 radical (unpaired) electrons. The maximum absolute atomic E-state index is 13.0. The molecular formula is C16H20FN3O. The van der Waals surface area contributed by atoms with Gasteiger partial charge < -0.3 is 5.32 Å². The largest absolute Gasteiger partial charge is 0.352 e. The fourth-order valence-corrected chi connectivity index (χ4v) is 2.19. The minimum Gasteiger partial charge on any atom is -0.352 e. The number of benzene rings is 1. The summed E-state index contributed by atoms with van der Waals surface area (Å²) in [5, 5.41) is 7.29. The van der Waals surface area contributed by atoms with Crippen molar-refractivity contribution in [1.82, 2.24) is 15.1 Å². The van der Waals surface area contributed by atoms with Gasteiger partial charge in [0, 0.05) is 6.54 Å². The first-order chi connectivity index (χ1) is 9.90. The smallest absolute Gasteiger partial charge is 0.255 e. The molecule has 0 bridgehead atoms. The predicted octanol–water partition coefficient (Wildman–Crippen LogP) is 3.01. The highest BCUT2D eigenvalue weighted by atomic mass is 19.1. The van der Waals surface area contributed by atoms with Gasteiger partial charge >= 0.3 is 0 Å². The molecule has 1 aromatic heterocycles. The molecule has 1 N–H and O–H groups in total. The first-order valence-corrected chi connectivity index (χ1v) is 7.00. The van der Waals surface area contributed by atoms with E-state index in [1.54, 1.807) is 23.7 Å². The number of nitrogens with zero attached hydrogens (tertiary/aromatic N) is 2. The van der Waals surface area contributed by atoms with Crippen LogP contribution in [0.2, 0.25) is 0 Å². The van der Waals surface area contributed by atoms with Crippen molar-refractivity contribution < 1.29 is 9.18 Å². The number of carbonyl (C=O) groups is 1. The van der Waals surface area contributed by atoms with E-state index >= 15 is 0 Å². The van der Waals surface area contributed by atoms with Crippen LogP contribution in [0.5, 0.6) is 0 Å². The highest BCUT2D eigenvalue weighted by molar-refractivity contribution is 5.96. The molecule has 21 heavy (non-hydrogen) atoms. The predicted molar refractivity (Wildman–Crippen MR) is 80.2 cm³/mol. The molecule has 5 heteroatoms. The molecule has 0 aliphatic heterocycles. The van der Waals surface area contributed by atoms with Crippen LogP contribution in [0.3, 0.4) is 0 Å². The molecule has 0 fully saturated rings.